The standard InChI is InChI=1S/C25H22F2N2O3/c1-16-25(31)29(13-12-17-2-6-20(26)7-3-17)15-19-14-22(10-11-23(19)32-16)28-24(30)18-4-8-21(27)9-5-18/h2-11,14,16H,12-13,15H2,1H3,(H,28,30)/t16-/m0/s1. The van der Waals surface area contributed by atoms with Crippen LogP contribution in [0.15, 0.2) is 66.7 Å². The lowest BCUT2D eigenvalue weighted by atomic mass is 10.1. The molecule has 164 valence electrons. The molecule has 1 aliphatic heterocycles. The molecule has 1 heterocycles. The predicted octanol–water partition coefficient (Wildman–Crippen LogP) is 4.57. The highest BCUT2D eigenvalue weighted by Crippen LogP contribution is 2.29. The lowest BCUT2D eigenvalue weighted by Crippen LogP contribution is -2.39. The molecular weight excluding hydrogens is 414 g/mol. The van der Waals surface area contributed by atoms with Gasteiger partial charge in [-0.1, -0.05) is 12.1 Å². The van der Waals surface area contributed by atoms with Gasteiger partial charge in [-0.25, -0.2) is 8.78 Å². The van der Waals surface area contributed by atoms with E-state index >= 15 is 0 Å². The Morgan fingerprint density at radius 1 is 1.03 bits per heavy atom. The average molecular weight is 436 g/mol. The van der Waals surface area contributed by atoms with Gasteiger partial charge in [0.25, 0.3) is 11.8 Å². The molecule has 3 aromatic carbocycles. The van der Waals surface area contributed by atoms with E-state index in [1.165, 1.54) is 36.4 Å². The first kappa shape index (κ1) is 21.5. The number of hydrogen-bond acceptors (Lipinski definition) is 3. The predicted molar refractivity (Wildman–Crippen MR) is 116 cm³/mol. The first-order valence-electron chi connectivity index (χ1n) is 10.3. The molecule has 0 aliphatic carbocycles. The molecule has 2 amide bonds. The second-order valence-electron chi connectivity index (χ2n) is 7.68. The summed E-state index contributed by atoms with van der Waals surface area (Å²) in [6, 6.07) is 16.7. The van der Waals surface area contributed by atoms with E-state index in [2.05, 4.69) is 5.32 Å². The molecule has 0 spiro atoms. The average Bonchev–Trinajstić information content (AvgIpc) is 2.90. The van der Waals surface area contributed by atoms with Crippen LogP contribution in [0.3, 0.4) is 0 Å². The van der Waals surface area contributed by atoms with Crippen molar-refractivity contribution in [1.82, 2.24) is 4.90 Å². The number of amides is 2. The van der Waals surface area contributed by atoms with E-state index in [0.29, 0.717) is 36.5 Å². The minimum atomic E-state index is -0.649. The van der Waals surface area contributed by atoms with Crippen molar-refractivity contribution in [2.24, 2.45) is 0 Å². The number of anilines is 1. The molecule has 1 aliphatic rings. The van der Waals surface area contributed by atoms with Crippen LogP contribution in [0.25, 0.3) is 0 Å². The van der Waals surface area contributed by atoms with Crippen LogP contribution >= 0.6 is 0 Å². The molecule has 0 fully saturated rings. The second-order valence-corrected chi connectivity index (χ2v) is 7.68. The summed E-state index contributed by atoms with van der Waals surface area (Å²) in [6.45, 7) is 2.47. The van der Waals surface area contributed by atoms with Crippen molar-refractivity contribution in [3.63, 3.8) is 0 Å². The molecule has 32 heavy (non-hydrogen) atoms. The van der Waals surface area contributed by atoms with Crippen LogP contribution < -0.4 is 10.1 Å². The Morgan fingerprint density at radius 3 is 2.38 bits per heavy atom. The molecule has 0 unspecified atom stereocenters. The van der Waals surface area contributed by atoms with Crippen molar-refractivity contribution in [2.75, 3.05) is 11.9 Å². The smallest absolute Gasteiger partial charge is 0.263 e. The Hall–Kier alpha value is -3.74. The minimum Gasteiger partial charge on any atom is -0.481 e. The van der Waals surface area contributed by atoms with E-state index in [9.17, 15) is 18.4 Å². The topological polar surface area (TPSA) is 58.6 Å². The first-order chi connectivity index (χ1) is 15.4. The summed E-state index contributed by atoms with van der Waals surface area (Å²) in [5.74, 6) is -0.638. The van der Waals surface area contributed by atoms with Crippen LogP contribution in [-0.2, 0) is 17.8 Å². The fourth-order valence-corrected chi connectivity index (χ4v) is 3.59. The summed E-state index contributed by atoms with van der Waals surface area (Å²) >= 11 is 0. The summed E-state index contributed by atoms with van der Waals surface area (Å²) < 4.78 is 32.1. The van der Waals surface area contributed by atoms with Gasteiger partial charge in [0.1, 0.15) is 17.4 Å². The SMILES string of the molecule is C[C@@H]1Oc2ccc(NC(=O)c3ccc(F)cc3)cc2CN(CCc2ccc(F)cc2)C1=O. The van der Waals surface area contributed by atoms with Crippen LogP contribution in [0.5, 0.6) is 5.75 Å². The molecule has 0 saturated carbocycles. The van der Waals surface area contributed by atoms with Gasteiger partial charge in [0.2, 0.25) is 0 Å². The second kappa shape index (κ2) is 9.18. The highest BCUT2D eigenvalue weighted by Gasteiger charge is 2.27. The van der Waals surface area contributed by atoms with E-state index in [4.69, 9.17) is 4.74 Å². The van der Waals surface area contributed by atoms with Crippen LogP contribution in [0, 0.1) is 11.6 Å². The molecule has 1 atom stereocenters. The van der Waals surface area contributed by atoms with Gasteiger partial charge in [-0.05, 0) is 73.5 Å². The number of hydrogen-bond donors (Lipinski definition) is 1. The largest absolute Gasteiger partial charge is 0.481 e. The van der Waals surface area contributed by atoms with Crippen molar-refractivity contribution in [3.05, 3.63) is 95.1 Å². The van der Waals surface area contributed by atoms with Gasteiger partial charge < -0.3 is 15.0 Å². The quantitative estimate of drug-likeness (QED) is 0.638. The minimum absolute atomic E-state index is 0.139. The van der Waals surface area contributed by atoms with Gasteiger partial charge in [0, 0.05) is 29.9 Å². The van der Waals surface area contributed by atoms with E-state index in [1.807, 2.05) is 0 Å². The number of rotatable bonds is 5. The Bertz CT molecular complexity index is 1130. The van der Waals surface area contributed by atoms with Crippen LogP contribution in [0.2, 0.25) is 0 Å². The van der Waals surface area contributed by atoms with Gasteiger partial charge in [-0.3, -0.25) is 9.59 Å². The monoisotopic (exact) mass is 436 g/mol. The molecule has 4 rings (SSSR count). The van der Waals surface area contributed by atoms with Gasteiger partial charge in [0.15, 0.2) is 6.10 Å². The molecule has 1 N–H and O–H groups in total. The van der Waals surface area contributed by atoms with Crippen molar-refractivity contribution in [2.45, 2.75) is 26.0 Å². The molecule has 0 aromatic heterocycles. The van der Waals surface area contributed by atoms with Crippen molar-refractivity contribution >= 4 is 17.5 Å². The number of ether oxygens (including phenoxy) is 1. The number of carbonyl (C=O) groups excluding carboxylic acids is 2. The van der Waals surface area contributed by atoms with Gasteiger partial charge in [-0.2, -0.15) is 0 Å². The fourth-order valence-electron chi connectivity index (χ4n) is 3.59. The highest BCUT2D eigenvalue weighted by atomic mass is 19.1. The number of nitrogens with zero attached hydrogens (tertiary/aromatic N) is 1. The van der Waals surface area contributed by atoms with Gasteiger partial charge in [-0.15, -0.1) is 0 Å². The third-order valence-electron chi connectivity index (χ3n) is 5.33. The highest BCUT2D eigenvalue weighted by molar-refractivity contribution is 6.04. The lowest BCUT2D eigenvalue weighted by Gasteiger charge is -2.22. The third kappa shape index (κ3) is 4.94. The summed E-state index contributed by atoms with van der Waals surface area (Å²) in [7, 11) is 0. The van der Waals surface area contributed by atoms with E-state index < -0.39 is 11.9 Å². The Morgan fingerprint density at radius 2 is 1.69 bits per heavy atom. The third-order valence-corrected chi connectivity index (χ3v) is 5.33. The lowest BCUT2D eigenvalue weighted by molar-refractivity contribution is -0.137. The van der Waals surface area contributed by atoms with Crippen molar-refractivity contribution < 1.29 is 23.1 Å². The number of fused-ring (bicyclic) bond motifs is 1. The van der Waals surface area contributed by atoms with E-state index in [1.54, 1.807) is 42.2 Å². The number of halogens is 2. The van der Waals surface area contributed by atoms with Crippen LogP contribution in [0.1, 0.15) is 28.4 Å². The zero-order valence-corrected chi connectivity index (χ0v) is 17.5. The first-order valence-corrected chi connectivity index (χ1v) is 10.3. The zero-order valence-electron chi connectivity index (χ0n) is 17.5. The van der Waals surface area contributed by atoms with E-state index in [-0.39, 0.29) is 17.6 Å². The molecule has 7 heteroatoms. The van der Waals surface area contributed by atoms with Crippen LogP contribution in [0.4, 0.5) is 14.5 Å². The maximum absolute atomic E-state index is 13.1. The number of benzene rings is 3. The summed E-state index contributed by atoms with van der Waals surface area (Å²) in [5.41, 5.74) is 2.57. The molecule has 0 radical (unpaired) electrons. The molecule has 5 nitrogen and oxygen atoms in total. The Balaban J connectivity index is 1.50. The van der Waals surface area contributed by atoms with Crippen molar-refractivity contribution in [3.8, 4) is 5.75 Å². The Labute approximate surface area is 184 Å². The molecular formula is C25H22F2N2O3. The number of nitrogens with one attached hydrogen (secondary N) is 1. The van der Waals surface area contributed by atoms with E-state index in [0.717, 1.165) is 11.1 Å². The molecule has 0 bridgehead atoms. The van der Waals surface area contributed by atoms with Crippen LogP contribution in [-0.4, -0.2) is 29.4 Å². The molecule has 0 saturated heterocycles. The Kier molecular flexibility index (Phi) is 6.16. The van der Waals surface area contributed by atoms with Gasteiger partial charge >= 0.3 is 0 Å². The maximum atomic E-state index is 13.1. The summed E-state index contributed by atoms with van der Waals surface area (Å²) in [6.07, 6.45) is -0.0705. The van der Waals surface area contributed by atoms with Gasteiger partial charge in [0.05, 0.1) is 0 Å². The molecule has 3 aromatic rings. The van der Waals surface area contributed by atoms with Crippen molar-refractivity contribution in [1.29, 1.82) is 0 Å². The fraction of sp³-hybridized carbons (Fsp3) is 0.200. The summed E-state index contributed by atoms with van der Waals surface area (Å²) in [4.78, 5) is 27.0. The maximum Gasteiger partial charge on any atom is 0.263 e. The normalized spacial score (nSPS) is 15.5. The number of carbonyl (C=O) groups is 2. The summed E-state index contributed by atoms with van der Waals surface area (Å²) in [5, 5.41) is 2.79. The zero-order chi connectivity index (χ0) is 22.7.